The number of nitrogens with one attached hydrogen (secondary N) is 1. The number of hydrogen-bond donors (Lipinski definition) is 1. The van der Waals surface area contributed by atoms with Crippen LogP contribution in [-0.4, -0.2) is 40.7 Å². The molecular weight excluding hydrogens is 476 g/mol. The van der Waals surface area contributed by atoms with Crippen molar-refractivity contribution in [2.75, 3.05) is 6.61 Å². The molecule has 2 aliphatic rings. The Morgan fingerprint density at radius 1 is 0.917 bits per heavy atom. The summed E-state index contributed by atoms with van der Waals surface area (Å²) in [5, 5.41) is 2.33. The van der Waals surface area contributed by atoms with Crippen molar-refractivity contribution in [1.82, 2.24) is 10.2 Å². The van der Waals surface area contributed by atoms with Gasteiger partial charge in [0.1, 0.15) is 22.9 Å². The minimum absolute atomic E-state index is 0.206. The topological polar surface area (TPSA) is 84.9 Å². The van der Waals surface area contributed by atoms with Gasteiger partial charge in [-0.25, -0.2) is 4.79 Å². The molecule has 2 atom stereocenters. The molecule has 7 nitrogen and oxygen atoms in total. The average Bonchev–Trinajstić information content (AvgIpc) is 3.23. The Kier molecular flexibility index (Phi) is 6.77. The van der Waals surface area contributed by atoms with E-state index in [2.05, 4.69) is 5.32 Å². The number of amides is 2. The number of esters is 1. The summed E-state index contributed by atoms with van der Waals surface area (Å²) in [5.41, 5.74) is 1.88. The first-order valence-electron chi connectivity index (χ1n) is 11.5. The molecule has 0 aromatic heterocycles. The summed E-state index contributed by atoms with van der Waals surface area (Å²) >= 11 is 1.37. The van der Waals surface area contributed by atoms with Crippen LogP contribution in [0.15, 0.2) is 102 Å². The molecule has 182 valence electrons. The Hall–Kier alpha value is -4.04. The highest BCUT2D eigenvalue weighted by atomic mass is 32.2. The Balaban J connectivity index is 1.25. The van der Waals surface area contributed by atoms with E-state index >= 15 is 0 Å². The zero-order valence-electron chi connectivity index (χ0n) is 19.5. The van der Waals surface area contributed by atoms with Crippen LogP contribution in [0.3, 0.4) is 0 Å². The summed E-state index contributed by atoms with van der Waals surface area (Å²) in [7, 11) is 0. The van der Waals surface area contributed by atoms with Gasteiger partial charge in [-0.15, -0.1) is 11.8 Å². The molecule has 1 saturated heterocycles. The van der Waals surface area contributed by atoms with E-state index in [1.54, 1.807) is 19.1 Å². The standard InChI is InChI=1S/C28H24N2O5S/c1-18-24(28(33)35-25(19-11-5-2-6-12-19)20-13-7-3-8-14-20)30-26(32)23(27(30)36-18)29-22(31)17-34-21-15-9-4-10-16-21/h2-16,23,25,27H,17H2,1H3,(H,29,31)/t23-,27+/m1/s1. The fourth-order valence-corrected chi connectivity index (χ4v) is 5.52. The van der Waals surface area contributed by atoms with Crippen molar-refractivity contribution in [3.8, 4) is 5.75 Å². The highest BCUT2D eigenvalue weighted by Gasteiger charge is 2.56. The maximum atomic E-state index is 13.3. The van der Waals surface area contributed by atoms with Gasteiger partial charge in [-0.2, -0.15) is 0 Å². The lowest BCUT2D eigenvalue weighted by Crippen LogP contribution is -2.68. The minimum atomic E-state index is -0.735. The first kappa shape index (κ1) is 23.7. The smallest absolute Gasteiger partial charge is 0.356 e. The number of para-hydroxylation sites is 1. The maximum absolute atomic E-state index is 13.3. The zero-order chi connectivity index (χ0) is 25.1. The molecule has 1 N–H and O–H groups in total. The number of benzene rings is 3. The number of carbonyl (C=O) groups is 3. The minimum Gasteiger partial charge on any atom is -0.484 e. The monoisotopic (exact) mass is 500 g/mol. The lowest BCUT2D eigenvalue weighted by atomic mass is 10.0. The molecule has 0 saturated carbocycles. The van der Waals surface area contributed by atoms with Crippen LogP contribution in [0.4, 0.5) is 0 Å². The number of fused-ring (bicyclic) bond motifs is 1. The van der Waals surface area contributed by atoms with Gasteiger partial charge in [0.15, 0.2) is 12.7 Å². The van der Waals surface area contributed by atoms with Gasteiger partial charge in [0, 0.05) is 4.91 Å². The van der Waals surface area contributed by atoms with Crippen molar-refractivity contribution in [2.24, 2.45) is 0 Å². The number of ether oxygens (including phenoxy) is 2. The van der Waals surface area contributed by atoms with Crippen LogP contribution in [0.5, 0.6) is 5.75 Å². The molecule has 1 fully saturated rings. The predicted octanol–water partition coefficient (Wildman–Crippen LogP) is 4.03. The van der Waals surface area contributed by atoms with Crippen molar-refractivity contribution in [1.29, 1.82) is 0 Å². The van der Waals surface area contributed by atoms with Gasteiger partial charge < -0.3 is 14.8 Å². The number of hydrogen-bond acceptors (Lipinski definition) is 6. The number of allylic oxidation sites excluding steroid dienone is 1. The fraction of sp³-hybridized carbons (Fsp3) is 0.179. The van der Waals surface area contributed by atoms with E-state index in [9.17, 15) is 14.4 Å². The molecule has 2 amide bonds. The van der Waals surface area contributed by atoms with Crippen molar-refractivity contribution in [3.63, 3.8) is 0 Å². The first-order valence-corrected chi connectivity index (χ1v) is 12.4. The summed E-state index contributed by atoms with van der Waals surface area (Å²) in [4.78, 5) is 40.8. The normalized spacial score (nSPS) is 18.5. The van der Waals surface area contributed by atoms with E-state index in [0.717, 1.165) is 11.1 Å². The van der Waals surface area contributed by atoms with Gasteiger partial charge in [-0.05, 0) is 30.2 Å². The molecule has 0 spiro atoms. The largest absolute Gasteiger partial charge is 0.484 e. The van der Waals surface area contributed by atoms with Crippen LogP contribution in [0.2, 0.25) is 0 Å². The van der Waals surface area contributed by atoms with Gasteiger partial charge in [0.05, 0.1) is 0 Å². The van der Waals surface area contributed by atoms with E-state index in [4.69, 9.17) is 9.47 Å². The molecule has 3 aromatic carbocycles. The van der Waals surface area contributed by atoms with E-state index < -0.39 is 29.4 Å². The van der Waals surface area contributed by atoms with Crippen LogP contribution < -0.4 is 10.1 Å². The predicted molar refractivity (Wildman–Crippen MR) is 136 cm³/mol. The van der Waals surface area contributed by atoms with Gasteiger partial charge in [0.2, 0.25) is 0 Å². The van der Waals surface area contributed by atoms with Crippen LogP contribution >= 0.6 is 11.8 Å². The van der Waals surface area contributed by atoms with Crippen molar-refractivity contribution in [2.45, 2.75) is 24.4 Å². The summed E-state index contributed by atoms with van der Waals surface area (Å²) in [5.74, 6) is -0.760. The highest BCUT2D eigenvalue weighted by molar-refractivity contribution is 8.04. The SMILES string of the molecule is CC1=C(C(=O)OC(c2ccccc2)c2ccccc2)N2C(=O)[C@@H](NC(=O)COc3ccccc3)[C@@H]2S1. The van der Waals surface area contributed by atoms with Crippen LogP contribution in [-0.2, 0) is 19.1 Å². The van der Waals surface area contributed by atoms with Gasteiger partial charge in [0.25, 0.3) is 11.8 Å². The molecule has 5 rings (SSSR count). The third-order valence-electron chi connectivity index (χ3n) is 5.97. The second-order valence-corrected chi connectivity index (χ2v) is 9.71. The van der Waals surface area contributed by atoms with Crippen molar-refractivity contribution < 1.29 is 23.9 Å². The number of rotatable bonds is 8. The van der Waals surface area contributed by atoms with E-state index in [1.165, 1.54) is 16.7 Å². The molecule has 36 heavy (non-hydrogen) atoms. The van der Waals surface area contributed by atoms with Crippen LogP contribution in [0.1, 0.15) is 24.2 Å². The van der Waals surface area contributed by atoms with Crippen LogP contribution in [0.25, 0.3) is 0 Å². The van der Waals surface area contributed by atoms with Gasteiger partial charge >= 0.3 is 5.97 Å². The average molecular weight is 501 g/mol. The molecule has 0 radical (unpaired) electrons. The number of carbonyl (C=O) groups excluding carboxylic acids is 3. The first-order chi connectivity index (χ1) is 17.5. The molecule has 8 heteroatoms. The van der Waals surface area contributed by atoms with Crippen molar-refractivity contribution >= 4 is 29.5 Å². The molecule has 2 aliphatic heterocycles. The highest BCUT2D eigenvalue weighted by Crippen LogP contribution is 2.46. The molecular formula is C28H24N2O5S. The molecule has 2 heterocycles. The van der Waals surface area contributed by atoms with Crippen molar-refractivity contribution in [3.05, 3.63) is 113 Å². The van der Waals surface area contributed by atoms with Gasteiger partial charge in [-0.3, -0.25) is 14.5 Å². The Morgan fingerprint density at radius 2 is 1.47 bits per heavy atom. The van der Waals surface area contributed by atoms with E-state index in [1.807, 2.05) is 78.9 Å². The Labute approximate surface area is 213 Å². The lowest BCUT2D eigenvalue weighted by molar-refractivity contribution is -0.154. The van der Waals surface area contributed by atoms with Gasteiger partial charge in [-0.1, -0.05) is 78.9 Å². The Morgan fingerprint density at radius 3 is 2.06 bits per heavy atom. The molecule has 0 unspecified atom stereocenters. The molecule has 0 bridgehead atoms. The second-order valence-electron chi connectivity index (χ2n) is 8.38. The number of nitrogens with zero attached hydrogens (tertiary/aromatic N) is 1. The summed E-state index contributed by atoms with van der Waals surface area (Å²) in [6.07, 6.45) is -0.619. The van der Waals surface area contributed by atoms with E-state index in [0.29, 0.717) is 10.7 Å². The quantitative estimate of drug-likeness (QED) is 0.371. The lowest BCUT2D eigenvalue weighted by Gasteiger charge is -2.42. The molecule has 0 aliphatic carbocycles. The third kappa shape index (κ3) is 4.72. The maximum Gasteiger partial charge on any atom is 0.356 e. The third-order valence-corrected chi connectivity index (χ3v) is 7.24. The molecule has 3 aromatic rings. The van der Waals surface area contributed by atoms with Crippen LogP contribution in [0, 0.1) is 0 Å². The van der Waals surface area contributed by atoms with E-state index in [-0.39, 0.29) is 18.2 Å². The summed E-state index contributed by atoms with van der Waals surface area (Å²) in [6.45, 7) is 1.58. The summed E-state index contributed by atoms with van der Waals surface area (Å²) < 4.78 is 11.4. The Bertz CT molecular complexity index is 1260. The number of β-lactam (4-membered cyclic amide) rings is 1. The zero-order valence-corrected chi connectivity index (χ0v) is 20.3. The second kappa shape index (κ2) is 10.3. The number of thioether (sulfide) groups is 1. The fourth-order valence-electron chi connectivity index (χ4n) is 4.23. The summed E-state index contributed by atoms with van der Waals surface area (Å²) in [6, 6.07) is 27.2.